The van der Waals surface area contributed by atoms with Crippen LogP contribution >= 0.6 is 0 Å². The second kappa shape index (κ2) is 3.76. The Morgan fingerprint density at radius 3 is 3.00 bits per heavy atom. The predicted octanol–water partition coefficient (Wildman–Crippen LogP) is -0.759. The Labute approximate surface area is 73.0 Å². The number of rotatable bonds is 3. The largest absolute Gasteiger partial charge is 0.355 e. The lowest BCUT2D eigenvalue weighted by Crippen LogP contribution is -2.44. The molecule has 2 rings (SSSR count). The Morgan fingerprint density at radius 1 is 1.50 bits per heavy atom. The van der Waals surface area contributed by atoms with Crippen molar-refractivity contribution >= 4 is 5.96 Å². The summed E-state index contributed by atoms with van der Waals surface area (Å²) in [6, 6.07) is 0. The van der Waals surface area contributed by atoms with Crippen LogP contribution in [0.1, 0.15) is 6.42 Å². The maximum absolute atomic E-state index is 4.25. The number of hydrogen-bond acceptors (Lipinski definition) is 4. The molecule has 1 saturated heterocycles. The van der Waals surface area contributed by atoms with Gasteiger partial charge in [0.2, 0.25) is 0 Å². The first-order valence-corrected chi connectivity index (χ1v) is 4.70. The fourth-order valence-corrected chi connectivity index (χ4v) is 1.45. The summed E-state index contributed by atoms with van der Waals surface area (Å²) < 4.78 is 0. The predicted molar refractivity (Wildman–Crippen MR) is 49.4 cm³/mol. The lowest BCUT2D eigenvalue weighted by Gasteiger charge is -2.30. The third-order valence-corrected chi connectivity index (χ3v) is 2.34. The third-order valence-electron chi connectivity index (χ3n) is 2.34. The van der Waals surface area contributed by atoms with Crippen LogP contribution in [0.15, 0.2) is 4.99 Å². The van der Waals surface area contributed by atoms with E-state index < -0.39 is 0 Å². The Balaban J connectivity index is 1.55. The van der Waals surface area contributed by atoms with Crippen LogP contribution in [-0.4, -0.2) is 50.1 Å². The first kappa shape index (κ1) is 7.86. The molecule has 2 N–H and O–H groups in total. The molecular weight excluding hydrogens is 152 g/mol. The van der Waals surface area contributed by atoms with Gasteiger partial charge in [0.1, 0.15) is 0 Å². The van der Waals surface area contributed by atoms with E-state index in [1.54, 1.807) is 0 Å². The highest BCUT2D eigenvalue weighted by atomic mass is 15.2. The molecule has 0 atom stereocenters. The highest BCUT2D eigenvalue weighted by molar-refractivity contribution is 5.81. The van der Waals surface area contributed by atoms with E-state index in [2.05, 4.69) is 20.5 Å². The molecule has 0 aliphatic carbocycles. The molecule has 0 bridgehead atoms. The first-order chi connectivity index (χ1) is 5.95. The number of aliphatic imine (C=N–C) groups is 1. The van der Waals surface area contributed by atoms with Crippen molar-refractivity contribution in [1.29, 1.82) is 0 Å². The van der Waals surface area contributed by atoms with Gasteiger partial charge in [-0.05, 0) is 19.5 Å². The topological polar surface area (TPSA) is 39.7 Å². The molecule has 1 fully saturated rings. The van der Waals surface area contributed by atoms with Crippen molar-refractivity contribution < 1.29 is 0 Å². The molecule has 0 saturated carbocycles. The minimum absolute atomic E-state index is 0.923. The van der Waals surface area contributed by atoms with Crippen molar-refractivity contribution in [2.75, 3.05) is 39.3 Å². The van der Waals surface area contributed by atoms with E-state index in [0.29, 0.717) is 0 Å². The summed E-state index contributed by atoms with van der Waals surface area (Å²) in [5, 5.41) is 6.46. The van der Waals surface area contributed by atoms with Gasteiger partial charge in [-0.15, -0.1) is 0 Å². The second-order valence-electron chi connectivity index (χ2n) is 3.28. The van der Waals surface area contributed by atoms with Gasteiger partial charge in [0.15, 0.2) is 5.96 Å². The molecule has 2 aliphatic heterocycles. The minimum atomic E-state index is 0.923. The zero-order valence-electron chi connectivity index (χ0n) is 7.34. The van der Waals surface area contributed by atoms with E-state index in [9.17, 15) is 0 Å². The lowest BCUT2D eigenvalue weighted by molar-refractivity contribution is 0.185. The number of nitrogens with one attached hydrogen (secondary N) is 2. The monoisotopic (exact) mass is 168 g/mol. The molecule has 2 aliphatic rings. The molecule has 0 aromatic carbocycles. The molecule has 0 spiro atoms. The average molecular weight is 168 g/mol. The second-order valence-corrected chi connectivity index (χ2v) is 3.28. The molecule has 68 valence electrons. The molecule has 0 aromatic rings. The van der Waals surface area contributed by atoms with Crippen molar-refractivity contribution in [2.24, 2.45) is 4.99 Å². The average Bonchev–Trinajstić information content (AvgIpc) is 2.46. The van der Waals surface area contributed by atoms with Gasteiger partial charge in [-0.1, -0.05) is 0 Å². The summed E-state index contributed by atoms with van der Waals surface area (Å²) >= 11 is 0. The molecule has 4 heteroatoms. The summed E-state index contributed by atoms with van der Waals surface area (Å²) in [6.45, 7) is 6.65. The van der Waals surface area contributed by atoms with E-state index in [4.69, 9.17) is 0 Å². The summed E-state index contributed by atoms with van der Waals surface area (Å²) in [7, 11) is 0. The lowest BCUT2D eigenvalue weighted by atomic mass is 10.2. The van der Waals surface area contributed by atoms with Crippen LogP contribution in [0.5, 0.6) is 0 Å². The van der Waals surface area contributed by atoms with Crippen LogP contribution in [0, 0.1) is 0 Å². The van der Waals surface area contributed by atoms with Crippen molar-refractivity contribution in [2.45, 2.75) is 6.42 Å². The van der Waals surface area contributed by atoms with Crippen LogP contribution < -0.4 is 10.6 Å². The van der Waals surface area contributed by atoms with E-state index in [1.807, 2.05) is 0 Å². The first-order valence-electron chi connectivity index (χ1n) is 4.70. The van der Waals surface area contributed by atoms with Crippen LogP contribution in [0.3, 0.4) is 0 Å². The Kier molecular flexibility index (Phi) is 2.46. The quantitative estimate of drug-likeness (QED) is 0.582. The van der Waals surface area contributed by atoms with Crippen molar-refractivity contribution in [3.8, 4) is 0 Å². The Morgan fingerprint density at radius 2 is 2.42 bits per heavy atom. The van der Waals surface area contributed by atoms with E-state index in [-0.39, 0.29) is 0 Å². The highest BCUT2D eigenvalue weighted by Crippen LogP contribution is 2.02. The summed E-state index contributed by atoms with van der Waals surface area (Å²) in [5.41, 5.74) is 0. The number of hydrogen-bond donors (Lipinski definition) is 2. The molecule has 0 aromatic heterocycles. The smallest absolute Gasteiger partial charge is 0.191 e. The van der Waals surface area contributed by atoms with Crippen molar-refractivity contribution in [3.05, 3.63) is 0 Å². The van der Waals surface area contributed by atoms with Gasteiger partial charge in [-0.2, -0.15) is 0 Å². The maximum Gasteiger partial charge on any atom is 0.191 e. The number of likely N-dealkylation sites (tertiary alicyclic amines) is 1. The number of nitrogens with zero attached hydrogens (tertiary/aromatic N) is 2. The zero-order valence-corrected chi connectivity index (χ0v) is 7.34. The summed E-state index contributed by atoms with van der Waals surface area (Å²) in [5.74, 6) is 0.982. The molecular formula is C8H16N4. The zero-order chi connectivity index (χ0) is 8.23. The fraction of sp³-hybridized carbons (Fsp3) is 0.875. The van der Waals surface area contributed by atoms with Crippen LogP contribution in [-0.2, 0) is 0 Å². The molecule has 4 nitrogen and oxygen atoms in total. The van der Waals surface area contributed by atoms with Gasteiger partial charge in [-0.25, -0.2) is 0 Å². The SMILES string of the molecule is C1CN(CCNC2=NCCN2)C1. The van der Waals surface area contributed by atoms with E-state index >= 15 is 0 Å². The summed E-state index contributed by atoms with van der Waals surface area (Å²) in [6.07, 6.45) is 1.37. The molecule has 0 radical (unpaired) electrons. The van der Waals surface area contributed by atoms with Gasteiger partial charge in [0.05, 0.1) is 6.54 Å². The molecule has 12 heavy (non-hydrogen) atoms. The standard InChI is InChI=1S/C8H16N4/c1-5-12(6-1)7-4-11-8-9-2-3-10-8/h1-7H2,(H2,9,10,11). The van der Waals surface area contributed by atoms with Gasteiger partial charge in [0.25, 0.3) is 0 Å². The summed E-state index contributed by atoms with van der Waals surface area (Å²) in [4.78, 5) is 6.70. The van der Waals surface area contributed by atoms with E-state index in [0.717, 1.165) is 32.1 Å². The third kappa shape index (κ3) is 1.88. The number of guanidine groups is 1. The normalized spacial score (nSPS) is 22.8. The minimum Gasteiger partial charge on any atom is -0.355 e. The van der Waals surface area contributed by atoms with Crippen molar-refractivity contribution in [1.82, 2.24) is 15.5 Å². The molecule has 2 heterocycles. The van der Waals surface area contributed by atoms with Gasteiger partial charge in [-0.3, -0.25) is 4.99 Å². The van der Waals surface area contributed by atoms with Crippen molar-refractivity contribution in [3.63, 3.8) is 0 Å². The van der Waals surface area contributed by atoms with E-state index in [1.165, 1.54) is 19.5 Å². The Bertz CT molecular complexity index is 174. The van der Waals surface area contributed by atoms with Gasteiger partial charge >= 0.3 is 0 Å². The maximum atomic E-state index is 4.25. The molecule has 0 unspecified atom stereocenters. The van der Waals surface area contributed by atoms with Crippen LogP contribution in [0.25, 0.3) is 0 Å². The highest BCUT2D eigenvalue weighted by Gasteiger charge is 2.12. The fourth-order valence-electron chi connectivity index (χ4n) is 1.45. The molecule has 0 amide bonds. The van der Waals surface area contributed by atoms with Gasteiger partial charge < -0.3 is 15.5 Å². The Hall–Kier alpha value is -0.770. The van der Waals surface area contributed by atoms with Crippen LogP contribution in [0.2, 0.25) is 0 Å². The van der Waals surface area contributed by atoms with Gasteiger partial charge in [0, 0.05) is 19.6 Å². The van der Waals surface area contributed by atoms with Crippen LogP contribution in [0.4, 0.5) is 0 Å².